The standard InChI is InChI=1S/C12H21N3OS/c1-12(2,3)11-15-8-9(17-11)7-14-6-4-5-10(13)16/h8,14H,4-7H2,1-3H3,(H2,13,16). The Morgan fingerprint density at radius 2 is 2.24 bits per heavy atom. The minimum absolute atomic E-state index is 0.120. The van der Waals surface area contributed by atoms with E-state index in [-0.39, 0.29) is 11.3 Å². The van der Waals surface area contributed by atoms with E-state index >= 15 is 0 Å². The molecule has 0 saturated carbocycles. The van der Waals surface area contributed by atoms with Crippen LogP contribution in [0, 0.1) is 0 Å². The average Bonchev–Trinajstić information content (AvgIpc) is 2.64. The molecule has 0 aromatic carbocycles. The van der Waals surface area contributed by atoms with Crippen LogP contribution in [0.5, 0.6) is 0 Å². The van der Waals surface area contributed by atoms with Crippen LogP contribution in [-0.4, -0.2) is 17.4 Å². The Kier molecular flexibility index (Phi) is 5.08. The van der Waals surface area contributed by atoms with Gasteiger partial charge in [-0.05, 0) is 13.0 Å². The number of rotatable bonds is 6. The summed E-state index contributed by atoms with van der Waals surface area (Å²) in [5, 5.41) is 4.44. The predicted octanol–water partition coefficient (Wildman–Crippen LogP) is 1.80. The van der Waals surface area contributed by atoms with Gasteiger partial charge in [0.05, 0.1) is 5.01 Å². The molecule has 5 heteroatoms. The third-order valence-electron chi connectivity index (χ3n) is 2.27. The Morgan fingerprint density at radius 1 is 1.53 bits per heavy atom. The number of thiazole rings is 1. The summed E-state index contributed by atoms with van der Waals surface area (Å²) in [5.41, 5.74) is 5.18. The van der Waals surface area contributed by atoms with Gasteiger partial charge in [0.2, 0.25) is 5.91 Å². The topological polar surface area (TPSA) is 68.0 Å². The third-order valence-corrected chi connectivity index (χ3v) is 3.69. The summed E-state index contributed by atoms with van der Waals surface area (Å²) >= 11 is 1.74. The number of hydrogen-bond donors (Lipinski definition) is 2. The van der Waals surface area contributed by atoms with E-state index < -0.39 is 0 Å². The van der Waals surface area contributed by atoms with Crippen LogP contribution in [0.25, 0.3) is 0 Å². The molecule has 96 valence electrons. The van der Waals surface area contributed by atoms with Crippen LogP contribution in [0.15, 0.2) is 6.20 Å². The molecule has 0 unspecified atom stereocenters. The van der Waals surface area contributed by atoms with E-state index in [1.165, 1.54) is 4.88 Å². The second-order valence-corrected chi connectivity index (χ2v) is 6.24. The molecule has 0 fully saturated rings. The van der Waals surface area contributed by atoms with E-state index in [0.29, 0.717) is 6.42 Å². The van der Waals surface area contributed by atoms with E-state index in [4.69, 9.17) is 5.73 Å². The average molecular weight is 255 g/mol. The number of amides is 1. The molecule has 0 aliphatic heterocycles. The number of hydrogen-bond acceptors (Lipinski definition) is 4. The molecule has 0 spiro atoms. The number of aromatic nitrogens is 1. The smallest absolute Gasteiger partial charge is 0.217 e. The largest absolute Gasteiger partial charge is 0.370 e. The monoisotopic (exact) mass is 255 g/mol. The van der Waals surface area contributed by atoms with Crippen LogP contribution in [0.2, 0.25) is 0 Å². The summed E-state index contributed by atoms with van der Waals surface area (Å²) in [6, 6.07) is 0. The lowest BCUT2D eigenvalue weighted by atomic mass is 9.98. The lowest BCUT2D eigenvalue weighted by Gasteiger charge is -2.13. The first kappa shape index (κ1) is 14.1. The van der Waals surface area contributed by atoms with E-state index in [1.54, 1.807) is 11.3 Å². The van der Waals surface area contributed by atoms with Crippen molar-refractivity contribution in [1.82, 2.24) is 10.3 Å². The van der Waals surface area contributed by atoms with Gasteiger partial charge in [-0.1, -0.05) is 20.8 Å². The van der Waals surface area contributed by atoms with Crippen LogP contribution in [0.3, 0.4) is 0 Å². The Hall–Kier alpha value is -0.940. The van der Waals surface area contributed by atoms with Crippen LogP contribution >= 0.6 is 11.3 Å². The summed E-state index contributed by atoms with van der Waals surface area (Å²) in [6.45, 7) is 8.11. The minimum Gasteiger partial charge on any atom is -0.370 e. The minimum atomic E-state index is -0.236. The quantitative estimate of drug-likeness (QED) is 0.762. The van der Waals surface area contributed by atoms with Crippen molar-refractivity contribution >= 4 is 17.2 Å². The molecular weight excluding hydrogens is 234 g/mol. The number of primary amides is 1. The molecule has 0 aliphatic carbocycles. The summed E-state index contributed by atoms with van der Waals surface area (Å²) in [7, 11) is 0. The third kappa shape index (κ3) is 5.28. The second kappa shape index (κ2) is 6.12. The molecule has 1 aromatic heterocycles. The van der Waals surface area contributed by atoms with E-state index in [0.717, 1.165) is 24.5 Å². The summed E-state index contributed by atoms with van der Waals surface area (Å²) in [4.78, 5) is 16.2. The fraction of sp³-hybridized carbons (Fsp3) is 0.667. The molecule has 1 aromatic rings. The van der Waals surface area contributed by atoms with Crippen molar-refractivity contribution in [3.63, 3.8) is 0 Å². The molecule has 0 radical (unpaired) electrons. The van der Waals surface area contributed by atoms with Crippen LogP contribution in [0.1, 0.15) is 43.5 Å². The molecule has 1 amide bonds. The van der Waals surface area contributed by atoms with Gasteiger partial charge in [0.1, 0.15) is 0 Å². The highest BCUT2D eigenvalue weighted by atomic mass is 32.1. The Labute approximate surface area is 107 Å². The number of nitrogens with two attached hydrogens (primary N) is 1. The zero-order chi connectivity index (χ0) is 12.9. The van der Waals surface area contributed by atoms with E-state index in [9.17, 15) is 4.79 Å². The lowest BCUT2D eigenvalue weighted by Crippen LogP contribution is -2.17. The van der Waals surface area contributed by atoms with Crippen molar-refractivity contribution in [1.29, 1.82) is 0 Å². The van der Waals surface area contributed by atoms with Crippen molar-refractivity contribution in [2.24, 2.45) is 5.73 Å². The van der Waals surface area contributed by atoms with Crippen molar-refractivity contribution in [2.45, 2.75) is 45.6 Å². The van der Waals surface area contributed by atoms with Crippen molar-refractivity contribution < 1.29 is 4.79 Å². The summed E-state index contributed by atoms with van der Waals surface area (Å²) < 4.78 is 0. The Morgan fingerprint density at radius 3 is 2.76 bits per heavy atom. The molecule has 17 heavy (non-hydrogen) atoms. The SMILES string of the molecule is CC(C)(C)c1ncc(CNCCCC(N)=O)s1. The van der Waals surface area contributed by atoms with Gasteiger partial charge < -0.3 is 11.1 Å². The maximum absolute atomic E-state index is 10.5. The van der Waals surface area contributed by atoms with Crippen LogP contribution in [-0.2, 0) is 16.8 Å². The second-order valence-electron chi connectivity index (χ2n) is 5.13. The summed E-state index contributed by atoms with van der Waals surface area (Å²) in [5.74, 6) is -0.236. The number of carbonyl (C=O) groups is 1. The van der Waals surface area contributed by atoms with Crippen molar-refractivity contribution in [3.8, 4) is 0 Å². The van der Waals surface area contributed by atoms with Gasteiger partial charge in [-0.2, -0.15) is 0 Å². The molecule has 0 saturated heterocycles. The maximum Gasteiger partial charge on any atom is 0.217 e. The van der Waals surface area contributed by atoms with Gasteiger partial charge in [-0.3, -0.25) is 4.79 Å². The fourth-order valence-corrected chi connectivity index (χ4v) is 2.27. The predicted molar refractivity (Wildman–Crippen MR) is 70.9 cm³/mol. The molecule has 3 N–H and O–H groups in total. The molecule has 4 nitrogen and oxygen atoms in total. The number of carbonyl (C=O) groups excluding carboxylic acids is 1. The van der Waals surface area contributed by atoms with Gasteiger partial charge in [0, 0.05) is 29.5 Å². The Bertz CT molecular complexity index is 368. The van der Waals surface area contributed by atoms with Crippen molar-refractivity contribution in [2.75, 3.05) is 6.54 Å². The number of nitrogens with one attached hydrogen (secondary N) is 1. The van der Waals surface area contributed by atoms with Crippen molar-refractivity contribution in [3.05, 3.63) is 16.1 Å². The van der Waals surface area contributed by atoms with Crippen LogP contribution < -0.4 is 11.1 Å². The lowest BCUT2D eigenvalue weighted by molar-refractivity contribution is -0.118. The summed E-state index contributed by atoms with van der Waals surface area (Å²) in [6.07, 6.45) is 3.16. The van der Waals surface area contributed by atoms with Gasteiger partial charge in [0.25, 0.3) is 0 Å². The highest BCUT2D eigenvalue weighted by Gasteiger charge is 2.17. The fourth-order valence-electron chi connectivity index (χ4n) is 1.34. The molecule has 0 atom stereocenters. The Balaban J connectivity index is 2.28. The maximum atomic E-state index is 10.5. The van der Waals surface area contributed by atoms with E-state index in [2.05, 4.69) is 31.1 Å². The first-order valence-corrected chi connectivity index (χ1v) is 6.65. The van der Waals surface area contributed by atoms with Crippen LogP contribution in [0.4, 0.5) is 0 Å². The van der Waals surface area contributed by atoms with Gasteiger partial charge >= 0.3 is 0 Å². The number of nitrogens with zero attached hydrogens (tertiary/aromatic N) is 1. The van der Waals surface area contributed by atoms with Gasteiger partial charge in [0.15, 0.2) is 0 Å². The molecule has 0 aliphatic rings. The highest BCUT2D eigenvalue weighted by molar-refractivity contribution is 7.11. The first-order valence-electron chi connectivity index (χ1n) is 5.84. The normalized spacial score (nSPS) is 11.7. The zero-order valence-electron chi connectivity index (χ0n) is 10.7. The zero-order valence-corrected chi connectivity index (χ0v) is 11.6. The molecular formula is C12H21N3OS. The van der Waals surface area contributed by atoms with Gasteiger partial charge in [-0.25, -0.2) is 4.98 Å². The molecule has 1 rings (SSSR count). The van der Waals surface area contributed by atoms with Gasteiger partial charge in [-0.15, -0.1) is 11.3 Å². The highest BCUT2D eigenvalue weighted by Crippen LogP contribution is 2.26. The first-order chi connectivity index (χ1) is 7.89. The molecule has 1 heterocycles. The van der Waals surface area contributed by atoms with E-state index in [1.807, 2.05) is 6.20 Å². The molecule has 0 bridgehead atoms.